The van der Waals surface area contributed by atoms with Crippen molar-refractivity contribution in [2.75, 3.05) is 7.11 Å². The van der Waals surface area contributed by atoms with Gasteiger partial charge in [0.2, 0.25) is 0 Å². The average molecular weight is 392 g/mol. The minimum absolute atomic E-state index is 0.0612. The van der Waals surface area contributed by atoms with Crippen LogP contribution in [0.5, 0.6) is 17.2 Å². The Morgan fingerprint density at radius 2 is 1.74 bits per heavy atom. The van der Waals surface area contributed by atoms with E-state index in [2.05, 4.69) is 20.7 Å². The van der Waals surface area contributed by atoms with E-state index in [4.69, 9.17) is 10.5 Å². The Morgan fingerprint density at radius 1 is 1.13 bits per heavy atom. The molecule has 0 bridgehead atoms. The highest BCUT2D eigenvalue weighted by Gasteiger charge is 2.31. The van der Waals surface area contributed by atoms with E-state index < -0.39 is 12.4 Å². The molecule has 8 heteroatoms. The number of benzene rings is 2. The van der Waals surface area contributed by atoms with Gasteiger partial charge in [0.1, 0.15) is 17.2 Å². The number of methoxy groups -OCH3 is 1. The molecule has 0 aliphatic carbocycles. The minimum atomic E-state index is -4.75. The number of hydrogen-bond donors (Lipinski definition) is 2. The number of phenolic OH excluding ortho intramolecular Hbond substituents is 1. The molecule has 124 valence electrons. The summed E-state index contributed by atoms with van der Waals surface area (Å²) in [4.78, 5) is 0. The molecule has 0 radical (unpaired) electrons. The Bertz CT molecular complexity index is 690. The molecule has 0 aliphatic heterocycles. The number of aromatic hydroxyl groups is 1. The SMILES string of the molecule is COc1cc(Br)c(O)c([C@@H](N)c2ccc(OC(F)(F)F)cc2)c1. The van der Waals surface area contributed by atoms with Crippen molar-refractivity contribution in [3.8, 4) is 17.2 Å². The van der Waals surface area contributed by atoms with E-state index >= 15 is 0 Å². The maximum atomic E-state index is 12.1. The normalized spacial score (nSPS) is 12.8. The standard InChI is InChI=1S/C15H13BrF3NO3/c1-22-10-6-11(14(21)12(16)7-10)13(20)8-2-4-9(5-3-8)23-15(17,18)19/h2-7,13,21H,20H2,1H3/t13-/m0/s1. The van der Waals surface area contributed by atoms with Gasteiger partial charge in [0.25, 0.3) is 0 Å². The topological polar surface area (TPSA) is 64.7 Å². The van der Waals surface area contributed by atoms with Crippen LogP contribution in [0.15, 0.2) is 40.9 Å². The molecule has 0 fully saturated rings. The molecule has 0 heterocycles. The first-order valence-electron chi connectivity index (χ1n) is 6.39. The highest BCUT2D eigenvalue weighted by atomic mass is 79.9. The van der Waals surface area contributed by atoms with Crippen LogP contribution in [0.4, 0.5) is 13.2 Å². The molecule has 0 saturated heterocycles. The summed E-state index contributed by atoms with van der Waals surface area (Å²) >= 11 is 3.19. The van der Waals surface area contributed by atoms with Crippen LogP contribution in [0.2, 0.25) is 0 Å². The maximum Gasteiger partial charge on any atom is 0.573 e. The zero-order valence-corrected chi connectivity index (χ0v) is 13.5. The van der Waals surface area contributed by atoms with Gasteiger partial charge in [-0.05, 0) is 45.8 Å². The van der Waals surface area contributed by atoms with E-state index in [-0.39, 0.29) is 11.5 Å². The van der Waals surface area contributed by atoms with E-state index in [9.17, 15) is 18.3 Å². The molecule has 1 atom stereocenters. The maximum absolute atomic E-state index is 12.1. The predicted molar refractivity (Wildman–Crippen MR) is 81.5 cm³/mol. The molecule has 0 spiro atoms. The van der Waals surface area contributed by atoms with Gasteiger partial charge >= 0.3 is 6.36 Å². The molecule has 0 aromatic heterocycles. The van der Waals surface area contributed by atoms with Gasteiger partial charge in [-0.2, -0.15) is 0 Å². The quantitative estimate of drug-likeness (QED) is 0.822. The van der Waals surface area contributed by atoms with Crippen molar-refractivity contribution in [2.45, 2.75) is 12.4 Å². The highest BCUT2D eigenvalue weighted by molar-refractivity contribution is 9.10. The number of halogens is 4. The summed E-state index contributed by atoms with van der Waals surface area (Å²) in [6, 6.07) is 7.51. The number of nitrogens with two attached hydrogens (primary N) is 1. The Labute approximate surface area is 138 Å². The lowest BCUT2D eigenvalue weighted by molar-refractivity contribution is -0.274. The third-order valence-electron chi connectivity index (χ3n) is 3.11. The second-order valence-electron chi connectivity index (χ2n) is 4.64. The lowest BCUT2D eigenvalue weighted by Gasteiger charge is -2.17. The number of hydrogen-bond acceptors (Lipinski definition) is 4. The largest absolute Gasteiger partial charge is 0.573 e. The van der Waals surface area contributed by atoms with E-state index in [0.717, 1.165) is 12.1 Å². The van der Waals surface area contributed by atoms with Crippen LogP contribution in [0.25, 0.3) is 0 Å². The van der Waals surface area contributed by atoms with Gasteiger partial charge in [0, 0.05) is 5.56 Å². The molecule has 23 heavy (non-hydrogen) atoms. The fourth-order valence-electron chi connectivity index (χ4n) is 2.01. The fourth-order valence-corrected chi connectivity index (χ4v) is 2.46. The first-order chi connectivity index (χ1) is 10.7. The molecular weight excluding hydrogens is 379 g/mol. The van der Waals surface area contributed by atoms with Crippen molar-refractivity contribution in [1.29, 1.82) is 0 Å². The monoisotopic (exact) mass is 391 g/mol. The Morgan fingerprint density at radius 3 is 2.26 bits per heavy atom. The molecule has 0 aliphatic rings. The van der Waals surface area contributed by atoms with Crippen molar-refractivity contribution in [1.82, 2.24) is 0 Å². The minimum Gasteiger partial charge on any atom is -0.506 e. The van der Waals surface area contributed by atoms with E-state index in [1.54, 1.807) is 12.1 Å². The van der Waals surface area contributed by atoms with Crippen LogP contribution in [0, 0.1) is 0 Å². The van der Waals surface area contributed by atoms with Gasteiger partial charge in [-0.15, -0.1) is 13.2 Å². The summed E-state index contributed by atoms with van der Waals surface area (Å²) in [6.07, 6.45) is -4.75. The average Bonchev–Trinajstić information content (AvgIpc) is 2.48. The molecule has 2 aromatic rings. The van der Waals surface area contributed by atoms with Crippen LogP contribution in [-0.2, 0) is 0 Å². The third-order valence-corrected chi connectivity index (χ3v) is 3.71. The first-order valence-corrected chi connectivity index (χ1v) is 7.18. The van der Waals surface area contributed by atoms with E-state index in [0.29, 0.717) is 21.3 Å². The summed E-state index contributed by atoms with van der Waals surface area (Å²) in [5.41, 5.74) is 6.97. The highest BCUT2D eigenvalue weighted by Crippen LogP contribution is 2.37. The molecule has 3 N–H and O–H groups in total. The van der Waals surface area contributed by atoms with Crippen LogP contribution in [-0.4, -0.2) is 18.6 Å². The predicted octanol–water partition coefficient (Wildman–Crippen LogP) is 4.11. The van der Waals surface area contributed by atoms with Crippen LogP contribution in [0.1, 0.15) is 17.2 Å². The van der Waals surface area contributed by atoms with Gasteiger partial charge in [-0.1, -0.05) is 12.1 Å². The van der Waals surface area contributed by atoms with Crippen molar-refractivity contribution in [3.63, 3.8) is 0 Å². The van der Waals surface area contributed by atoms with E-state index in [1.807, 2.05) is 0 Å². The zero-order valence-electron chi connectivity index (χ0n) is 11.9. The number of ether oxygens (including phenoxy) is 2. The Kier molecular flexibility index (Phi) is 5.06. The second-order valence-corrected chi connectivity index (χ2v) is 5.50. The van der Waals surface area contributed by atoms with Crippen molar-refractivity contribution in [2.24, 2.45) is 5.73 Å². The molecule has 2 aromatic carbocycles. The molecule has 0 saturated carbocycles. The first kappa shape index (κ1) is 17.4. The third kappa shape index (κ3) is 4.29. The van der Waals surface area contributed by atoms with Gasteiger partial charge in [0.05, 0.1) is 17.6 Å². The van der Waals surface area contributed by atoms with Gasteiger partial charge in [-0.3, -0.25) is 0 Å². The summed E-state index contributed by atoms with van der Waals surface area (Å²) in [7, 11) is 1.47. The van der Waals surface area contributed by atoms with Crippen molar-refractivity contribution >= 4 is 15.9 Å². The van der Waals surface area contributed by atoms with Gasteiger partial charge in [-0.25, -0.2) is 0 Å². The van der Waals surface area contributed by atoms with Gasteiger partial charge < -0.3 is 20.3 Å². The lowest BCUT2D eigenvalue weighted by atomic mass is 9.98. The Balaban J connectivity index is 2.30. The van der Waals surface area contributed by atoms with Crippen LogP contribution in [0.3, 0.4) is 0 Å². The van der Waals surface area contributed by atoms with Crippen LogP contribution < -0.4 is 15.2 Å². The summed E-state index contributed by atoms with van der Waals surface area (Å²) in [5, 5.41) is 10.1. The summed E-state index contributed by atoms with van der Waals surface area (Å²) < 4.78 is 45.8. The smallest absolute Gasteiger partial charge is 0.506 e. The lowest BCUT2D eigenvalue weighted by Crippen LogP contribution is -2.17. The molecule has 0 unspecified atom stereocenters. The number of phenols is 1. The number of rotatable bonds is 4. The molecular formula is C15H13BrF3NO3. The van der Waals surface area contributed by atoms with Crippen molar-refractivity contribution in [3.05, 3.63) is 52.0 Å². The molecule has 0 amide bonds. The second kappa shape index (κ2) is 6.67. The zero-order chi connectivity index (χ0) is 17.2. The molecule has 4 nitrogen and oxygen atoms in total. The van der Waals surface area contributed by atoms with Crippen molar-refractivity contribution < 1.29 is 27.8 Å². The summed E-state index contributed by atoms with van der Waals surface area (Å²) in [6.45, 7) is 0. The van der Waals surface area contributed by atoms with E-state index in [1.165, 1.54) is 19.2 Å². The fraction of sp³-hybridized carbons (Fsp3) is 0.200. The Hall–Kier alpha value is -1.93. The van der Waals surface area contributed by atoms with Crippen LogP contribution >= 0.6 is 15.9 Å². The summed E-state index contributed by atoms with van der Waals surface area (Å²) in [5.74, 6) is 0.0792. The number of alkyl halides is 3. The van der Waals surface area contributed by atoms with Gasteiger partial charge in [0.15, 0.2) is 0 Å². The molecule has 2 rings (SSSR count).